The normalized spacial score (nSPS) is 18.9. The molecule has 1 aliphatic rings. The molecule has 1 amide bonds. The van der Waals surface area contributed by atoms with E-state index in [1.54, 1.807) is 12.1 Å². The molecular formula is C12H14ClN3OS. The third kappa shape index (κ3) is 2.57. The van der Waals surface area contributed by atoms with Crippen LogP contribution >= 0.6 is 23.8 Å². The number of anilines is 1. The molecule has 0 bridgehead atoms. The summed E-state index contributed by atoms with van der Waals surface area (Å²) < 4.78 is 0. The molecule has 1 aliphatic heterocycles. The average Bonchev–Trinajstić information content (AvgIpc) is 2.78. The number of nitrogens with zero attached hydrogens (tertiary/aromatic N) is 1. The summed E-state index contributed by atoms with van der Waals surface area (Å²) in [5, 5.41) is 0.590. The Morgan fingerprint density at radius 2 is 2.17 bits per heavy atom. The molecule has 0 aliphatic carbocycles. The van der Waals surface area contributed by atoms with Crippen LogP contribution in [0.15, 0.2) is 18.2 Å². The molecule has 1 fully saturated rings. The summed E-state index contributed by atoms with van der Waals surface area (Å²) in [4.78, 5) is 13.5. The summed E-state index contributed by atoms with van der Waals surface area (Å²) in [6.45, 7) is 1.37. The fraction of sp³-hybridized carbons (Fsp3) is 0.333. The quantitative estimate of drug-likeness (QED) is 0.820. The first-order chi connectivity index (χ1) is 8.49. The van der Waals surface area contributed by atoms with Gasteiger partial charge >= 0.3 is 0 Å². The van der Waals surface area contributed by atoms with E-state index in [4.69, 9.17) is 35.3 Å². The number of carbonyl (C=O) groups excluding carboxylic acids is 1. The molecule has 4 N–H and O–H groups in total. The minimum atomic E-state index is -0.261. The lowest BCUT2D eigenvalue weighted by Crippen LogP contribution is -2.28. The Bertz CT molecular complexity index is 506. The maximum absolute atomic E-state index is 11.2. The van der Waals surface area contributed by atoms with Crippen LogP contribution in [0.3, 0.4) is 0 Å². The number of halogens is 1. The van der Waals surface area contributed by atoms with Crippen molar-refractivity contribution in [2.45, 2.75) is 6.42 Å². The predicted molar refractivity (Wildman–Crippen MR) is 76.9 cm³/mol. The highest BCUT2D eigenvalue weighted by Crippen LogP contribution is 2.29. The molecule has 0 saturated carbocycles. The summed E-state index contributed by atoms with van der Waals surface area (Å²) in [5.41, 5.74) is 12.7. The first-order valence-corrected chi connectivity index (χ1v) is 6.41. The van der Waals surface area contributed by atoms with Gasteiger partial charge in [0.1, 0.15) is 4.99 Å². The Kier molecular flexibility index (Phi) is 3.73. The second-order valence-electron chi connectivity index (χ2n) is 4.36. The van der Waals surface area contributed by atoms with Crippen molar-refractivity contribution in [1.29, 1.82) is 0 Å². The molecule has 1 aromatic carbocycles. The number of thiocarbonyl (C=S) groups is 1. The minimum Gasteiger partial charge on any atom is -0.389 e. The number of amides is 1. The zero-order chi connectivity index (χ0) is 13.3. The standard InChI is InChI=1S/C12H14ClN3OS/c13-8-1-2-10(9(5-8)12(15)18)16-4-3-7(6-16)11(14)17/h1-2,5,7H,3-4,6H2,(H2,14,17)(H2,15,18). The van der Waals surface area contributed by atoms with Gasteiger partial charge in [0, 0.05) is 29.4 Å². The van der Waals surface area contributed by atoms with Crippen LogP contribution in [-0.2, 0) is 4.79 Å². The van der Waals surface area contributed by atoms with Crippen LogP contribution in [0.1, 0.15) is 12.0 Å². The van der Waals surface area contributed by atoms with Gasteiger partial charge in [-0.2, -0.15) is 0 Å². The van der Waals surface area contributed by atoms with Crippen LogP contribution in [0, 0.1) is 5.92 Å². The van der Waals surface area contributed by atoms with Gasteiger partial charge < -0.3 is 16.4 Å². The number of rotatable bonds is 3. The SMILES string of the molecule is NC(=O)C1CCN(c2ccc(Cl)cc2C(N)=S)C1. The maximum Gasteiger partial charge on any atom is 0.222 e. The Morgan fingerprint density at radius 3 is 2.72 bits per heavy atom. The van der Waals surface area contributed by atoms with Gasteiger partial charge in [-0.3, -0.25) is 4.79 Å². The van der Waals surface area contributed by atoms with Crippen molar-refractivity contribution in [3.8, 4) is 0 Å². The highest BCUT2D eigenvalue weighted by molar-refractivity contribution is 7.80. The summed E-state index contributed by atoms with van der Waals surface area (Å²) in [5.74, 6) is -0.372. The second-order valence-corrected chi connectivity index (χ2v) is 5.24. The van der Waals surface area contributed by atoms with Crippen molar-refractivity contribution in [1.82, 2.24) is 0 Å². The summed E-state index contributed by atoms with van der Waals surface area (Å²) in [6.07, 6.45) is 0.759. The van der Waals surface area contributed by atoms with Crippen molar-refractivity contribution in [2.75, 3.05) is 18.0 Å². The maximum atomic E-state index is 11.2. The van der Waals surface area contributed by atoms with Crippen LogP contribution in [0.5, 0.6) is 0 Å². The lowest BCUT2D eigenvalue weighted by atomic mass is 10.1. The van der Waals surface area contributed by atoms with Crippen LogP contribution < -0.4 is 16.4 Å². The third-order valence-corrected chi connectivity index (χ3v) is 3.61. The fourth-order valence-electron chi connectivity index (χ4n) is 2.19. The minimum absolute atomic E-state index is 0.111. The molecular weight excluding hydrogens is 270 g/mol. The van der Waals surface area contributed by atoms with Gasteiger partial charge in [0.15, 0.2) is 0 Å². The molecule has 0 radical (unpaired) electrons. The lowest BCUT2D eigenvalue weighted by molar-refractivity contribution is -0.121. The number of nitrogens with two attached hydrogens (primary N) is 2. The number of hydrogen-bond donors (Lipinski definition) is 2. The molecule has 1 atom stereocenters. The zero-order valence-electron chi connectivity index (χ0n) is 9.73. The van der Waals surface area contributed by atoms with Crippen LogP contribution in [0.4, 0.5) is 5.69 Å². The van der Waals surface area contributed by atoms with Crippen molar-refractivity contribution in [3.05, 3.63) is 28.8 Å². The molecule has 1 unspecified atom stereocenters. The van der Waals surface area contributed by atoms with Gasteiger partial charge in [-0.25, -0.2) is 0 Å². The zero-order valence-corrected chi connectivity index (χ0v) is 11.3. The van der Waals surface area contributed by atoms with Crippen molar-refractivity contribution in [3.63, 3.8) is 0 Å². The number of carbonyl (C=O) groups is 1. The first kappa shape index (κ1) is 13.1. The van der Waals surface area contributed by atoms with Gasteiger partial charge in [-0.15, -0.1) is 0 Å². The largest absolute Gasteiger partial charge is 0.389 e. The smallest absolute Gasteiger partial charge is 0.222 e. The summed E-state index contributed by atoms with van der Waals surface area (Å²) in [7, 11) is 0. The second kappa shape index (κ2) is 5.12. The van der Waals surface area contributed by atoms with Crippen LogP contribution in [-0.4, -0.2) is 24.0 Å². The van der Waals surface area contributed by atoms with E-state index in [0.29, 0.717) is 16.6 Å². The van der Waals surface area contributed by atoms with Gasteiger partial charge in [0.05, 0.1) is 5.92 Å². The summed E-state index contributed by atoms with van der Waals surface area (Å²) >= 11 is 11.0. The van der Waals surface area contributed by atoms with E-state index in [9.17, 15) is 4.79 Å². The lowest BCUT2D eigenvalue weighted by Gasteiger charge is -2.21. The highest BCUT2D eigenvalue weighted by atomic mass is 35.5. The molecule has 1 aromatic rings. The van der Waals surface area contributed by atoms with Gasteiger partial charge in [-0.1, -0.05) is 23.8 Å². The van der Waals surface area contributed by atoms with E-state index < -0.39 is 0 Å². The average molecular weight is 284 g/mol. The van der Waals surface area contributed by atoms with Crippen molar-refractivity contribution >= 4 is 40.4 Å². The Labute approximate surface area is 116 Å². The van der Waals surface area contributed by atoms with Crippen LogP contribution in [0.25, 0.3) is 0 Å². The topological polar surface area (TPSA) is 72.4 Å². The summed E-state index contributed by atoms with van der Waals surface area (Å²) in [6, 6.07) is 5.41. The van der Waals surface area contributed by atoms with Crippen molar-refractivity contribution in [2.24, 2.45) is 17.4 Å². The first-order valence-electron chi connectivity index (χ1n) is 5.62. The Morgan fingerprint density at radius 1 is 1.44 bits per heavy atom. The van der Waals surface area contributed by atoms with E-state index in [1.165, 1.54) is 0 Å². The third-order valence-electron chi connectivity index (χ3n) is 3.16. The molecule has 96 valence electrons. The number of benzene rings is 1. The predicted octanol–water partition coefficient (Wildman–Crippen LogP) is 1.29. The molecule has 1 heterocycles. The Hall–Kier alpha value is -1.33. The molecule has 18 heavy (non-hydrogen) atoms. The molecule has 0 spiro atoms. The number of primary amides is 1. The fourth-order valence-corrected chi connectivity index (χ4v) is 2.53. The van der Waals surface area contributed by atoms with E-state index in [-0.39, 0.29) is 11.8 Å². The molecule has 2 rings (SSSR count). The van der Waals surface area contributed by atoms with E-state index in [2.05, 4.69) is 4.90 Å². The highest BCUT2D eigenvalue weighted by Gasteiger charge is 2.28. The Balaban J connectivity index is 2.29. The molecule has 6 heteroatoms. The van der Waals surface area contributed by atoms with E-state index in [1.807, 2.05) is 6.07 Å². The number of hydrogen-bond acceptors (Lipinski definition) is 3. The van der Waals surface area contributed by atoms with Crippen molar-refractivity contribution < 1.29 is 4.79 Å². The van der Waals surface area contributed by atoms with E-state index in [0.717, 1.165) is 24.2 Å². The van der Waals surface area contributed by atoms with Gasteiger partial charge in [-0.05, 0) is 24.6 Å². The van der Waals surface area contributed by atoms with E-state index >= 15 is 0 Å². The molecule has 1 saturated heterocycles. The molecule has 4 nitrogen and oxygen atoms in total. The molecule has 0 aromatic heterocycles. The monoisotopic (exact) mass is 283 g/mol. The van der Waals surface area contributed by atoms with Gasteiger partial charge in [0.2, 0.25) is 5.91 Å². The van der Waals surface area contributed by atoms with Gasteiger partial charge in [0.25, 0.3) is 0 Å². The van der Waals surface area contributed by atoms with Crippen LogP contribution in [0.2, 0.25) is 5.02 Å².